The average Bonchev–Trinajstić information content (AvgIpc) is 3.27. The molecule has 2 aromatic carbocycles. The first-order chi connectivity index (χ1) is 15.4. The number of carbonyl (C=O) groups is 1. The summed E-state index contributed by atoms with van der Waals surface area (Å²) >= 11 is 1.56. The molecule has 4 rings (SSSR count). The lowest BCUT2D eigenvalue weighted by atomic mass is 10.1. The number of carbonyl (C=O) groups excluding carboxylic acids is 1. The van der Waals surface area contributed by atoms with Gasteiger partial charge in [-0.25, -0.2) is 8.42 Å². The fourth-order valence-corrected chi connectivity index (χ4v) is 6.01. The minimum Gasteiger partial charge on any atom is -0.403 e. The summed E-state index contributed by atoms with van der Waals surface area (Å²) in [5.41, 5.74) is 1.08. The molecule has 0 saturated carbocycles. The molecular weight excluding hydrogens is 448 g/mol. The van der Waals surface area contributed by atoms with Crippen LogP contribution in [0.1, 0.15) is 36.5 Å². The van der Waals surface area contributed by atoms with Gasteiger partial charge in [0.15, 0.2) is 0 Å². The molecule has 1 N–H and O–H groups in total. The van der Waals surface area contributed by atoms with Crippen molar-refractivity contribution in [2.24, 2.45) is 0 Å². The maximum absolute atomic E-state index is 12.9. The fraction of sp³-hybridized carbons (Fsp3) is 0.318. The number of aromatic nitrogens is 2. The van der Waals surface area contributed by atoms with Crippen LogP contribution in [0, 0.1) is 0 Å². The Morgan fingerprint density at radius 3 is 2.59 bits per heavy atom. The summed E-state index contributed by atoms with van der Waals surface area (Å²) in [7, 11) is -3.59. The first-order valence-electron chi connectivity index (χ1n) is 10.3. The van der Waals surface area contributed by atoms with Gasteiger partial charge >= 0.3 is 6.01 Å². The van der Waals surface area contributed by atoms with Gasteiger partial charge in [-0.05, 0) is 62.4 Å². The van der Waals surface area contributed by atoms with Gasteiger partial charge in [-0.15, -0.1) is 16.9 Å². The lowest BCUT2D eigenvalue weighted by Gasteiger charge is -2.32. The van der Waals surface area contributed by atoms with Crippen LogP contribution in [-0.2, 0) is 10.0 Å². The van der Waals surface area contributed by atoms with Crippen molar-refractivity contribution in [3.8, 4) is 11.5 Å². The van der Waals surface area contributed by atoms with Gasteiger partial charge < -0.3 is 4.42 Å². The molecule has 10 heteroatoms. The predicted octanol–water partition coefficient (Wildman–Crippen LogP) is 4.27. The molecule has 0 aliphatic carbocycles. The Balaban J connectivity index is 1.47. The number of thioether (sulfide) groups is 1. The van der Waals surface area contributed by atoms with Gasteiger partial charge in [0.2, 0.25) is 10.0 Å². The second kappa shape index (κ2) is 9.43. The molecule has 1 aromatic heterocycles. The van der Waals surface area contributed by atoms with E-state index in [1.807, 2.05) is 37.4 Å². The molecule has 1 atom stereocenters. The van der Waals surface area contributed by atoms with Crippen LogP contribution in [0.2, 0.25) is 0 Å². The molecule has 0 spiro atoms. The number of amides is 1. The number of nitrogens with one attached hydrogen (secondary N) is 1. The molecule has 168 valence electrons. The molecular formula is C22H24N4O4S2. The van der Waals surface area contributed by atoms with Crippen molar-refractivity contribution in [3.63, 3.8) is 0 Å². The van der Waals surface area contributed by atoms with E-state index in [2.05, 4.69) is 15.5 Å². The van der Waals surface area contributed by atoms with Crippen molar-refractivity contribution >= 4 is 33.7 Å². The minimum atomic E-state index is -3.59. The molecule has 32 heavy (non-hydrogen) atoms. The van der Waals surface area contributed by atoms with Crippen molar-refractivity contribution in [1.29, 1.82) is 0 Å². The maximum Gasteiger partial charge on any atom is 0.322 e. The first-order valence-corrected chi connectivity index (χ1v) is 13.0. The Labute approximate surface area is 191 Å². The van der Waals surface area contributed by atoms with Crippen LogP contribution in [0.4, 0.5) is 6.01 Å². The quantitative estimate of drug-likeness (QED) is 0.534. The third-order valence-electron chi connectivity index (χ3n) is 5.45. The molecule has 1 aliphatic rings. The summed E-state index contributed by atoms with van der Waals surface area (Å²) < 4.78 is 33.0. The second-order valence-corrected chi connectivity index (χ2v) is 10.3. The molecule has 1 aliphatic heterocycles. The first kappa shape index (κ1) is 22.5. The number of nitrogens with zero attached hydrogens (tertiary/aromatic N) is 3. The highest BCUT2D eigenvalue weighted by Crippen LogP contribution is 2.30. The van der Waals surface area contributed by atoms with Crippen LogP contribution in [0.25, 0.3) is 11.5 Å². The lowest BCUT2D eigenvalue weighted by molar-refractivity contribution is 0.102. The van der Waals surface area contributed by atoms with Crippen LogP contribution in [0.3, 0.4) is 0 Å². The van der Waals surface area contributed by atoms with Gasteiger partial charge in [-0.2, -0.15) is 4.31 Å². The number of hydrogen-bond donors (Lipinski definition) is 1. The number of benzene rings is 2. The predicted molar refractivity (Wildman–Crippen MR) is 123 cm³/mol. The lowest BCUT2D eigenvalue weighted by Crippen LogP contribution is -2.41. The minimum absolute atomic E-state index is 0.0280. The number of hydrogen-bond acceptors (Lipinski definition) is 7. The highest BCUT2D eigenvalue weighted by molar-refractivity contribution is 7.98. The highest BCUT2D eigenvalue weighted by Gasteiger charge is 2.31. The number of rotatable bonds is 6. The number of piperidine rings is 1. The zero-order valence-corrected chi connectivity index (χ0v) is 19.4. The summed E-state index contributed by atoms with van der Waals surface area (Å²) in [5.74, 6) is -0.156. The Bertz CT molecular complexity index is 1210. The highest BCUT2D eigenvalue weighted by atomic mass is 32.2. The molecule has 1 unspecified atom stereocenters. The smallest absolute Gasteiger partial charge is 0.322 e. The van der Waals surface area contributed by atoms with E-state index in [9.17, 15) is 13.2 Å². The van der Waals surface area contributed by atoms with E-state index >= 15 is 0 Å². The Hall–Kier alpha value is -2.69. The summed E-state index contributed by atoms with van der Waals surface area (Å²) in [6.07, 6.45) is 4.70. The molecule has 1 amide bonds. The van der Waals surface area contributed by atoms with Gasteiger partial charge in [-0.3, -0.25) is 10.1 Å². The Morgan fingerprint density at radius 1 is 1.12 bits per heavy atom. The molecule has 2 heterocycles. The monoisotopic (exact) mass is 472 g/mol. The zero-order valence-electron chi connectivity index (χ0n) is 17.8. The fourth-order valence-electron chi connectivity index (χ4n) is 3.72. The molecule has 3 aromatic rings. The van der Waals surface area contributed by atoms with Gasteiger partial charge in [0.25, 0.3) is 11.8 Å². The summed E-state index contributed by atoms with van der Waals surface area (Å²) in [6, 6.07) is 13.4. The summed E-state index contributed by atoms with van der Waals surface area (Å²) in [4.78, 5) is 13.8. The van der Waals surface area contributed by atoms with Crippen LogP contribution in [0.5, 0.6) is 0 Å². The Kier molecular flexibility index (Phi) is 6.63. The summed E-state index contributed by atoms with van der Waals surface area (Å²) in [6.45, 7) is 2.44. The maximum atomic E-state index is 12.9. The van der Waals surface area contributed by atoms with Gasteiger partial charge in [0.05, 0.1) is 10.5 Å². The Morgan fingerprint density at radius 2 is 1.88 bits per heavy atom. The van der Waals surface area contributed by atoms with E-state index in [0.29, 0.717) is 18.0 Å². The van der Waals surface area contributed by atoms with E-state index in [-0.39, 0.29) is 17.0 Å². The van der Waals surface area contributed by atoms with Crippen LogP contribution in [0.15, 0.2) is 62.7 Å². The number of sulfonamides is 1. The molecule has 0 radical (unpaired) electrons. The third-order valence-corrected chi connectivity index (χ3v) is 8.27. The van der Waals surface area contributed by atoms with Crippen molar-refractivity contribution in [2.45, 2.75) is 42.0 Å². The normalized spacial score (nSPS) is 17.2. The van der Waals surface area contributed by atoms with Crippen molar-refractivity contribution in [1.82, 2.24) is 14.5 Å². The van der Waals surface area contributed by atoms with Crippen LogP contribution < -0.4 is 5.32 Å². The third kappa shape index (κ3) is 4.57. The van der Waals surface area contributed by atoms with Gasteiger partial charge in [0.1, 0.15) is 0 Å². The van der Waals surface area contributed by atoms with Gasteiger partial charge in [-0.1, -0.05) is 23.7 Å². The van der Waals surface area contributed by atoms with Crippen LogP contribution in [-0.4, -0.2) is 47.7 Å². The molecule has 0 bridgehead atoms. The SMILES string of the molecule is CSc1ccccc1-c1nnc(NC(=O)c2ccc(S(=O)(=O)N3CCCCC3C)cc2)o1. The summed E-state index contributed by atoms with van der Waals surface area (Å²) in [5, 5.41) is 10.5. The van der Waals surface area contributed by atoms with Crippen molar-refractivity contribution in [3.05, 3.63) is 54.1 Å². The van der Waals surface area contributed by atoms with E-state index in [0.717, 1.165) is 29.7 Å². The second-order valence-electron chi connectivity index (χ2n) is 7.55. The molecule has 1 fully saturated rings. The van der Waals surface area contributed by atoms with E-state index in [1.54, 1.807) is 11.8 Å². The van der Waals surface area contributed by atoms with Crippen LogP contribution >= 0.6 is 11.8 Å². The number of anilines is 1. The van der Waals surface area contributed by atoms with Gasteiger partial charge in [0, 0.05) is 23.0 Å². The largest absolute Gasteiger partial charge is 0.403 e. The van der Waals surface area contributed by atoms with E-state index in [4.69, 9.17) is 4.42 Å². The molecule has 1 saturated heterocycles. The zero-order chi connectivity index (χ0) is 22.7. The average molecular weight is 473 g/mol. The standard InChI is InChI=1S/C22H24N4O4S2/c1-15-7-5-6-14-26(15)32(28,29)17-12-10-16(11-13-17)20(27)23-22-25-24-21(30-22)18-8-3-4-9-19(18)31-2/h3-4,8-13,15H,5-7,14H2,1-2H3,(H,23,25,27). The van der Waals surface area contributed by atoms with Crippen molar-refractivity contribution < 1.29 is 17.6 Å². The van der Waals surface area contributed by atoms with E-state index < -0.39 is 15.9 Å². The van der Waals surface area contributed by atoms with Crippen molar-refractivity contribution in [2.75, 3.05) is 18.1 Å². The topological polar surface area (TPSA) is 105 Å². The van der Waals surface area contributed by atoms with E-state index in [1.165, 1.54) is 28.6 Å². The molecule has 8 nitrogen and oxygen atoms in total.